The smallest absolute Gasteiger partial charge is 0.179 e. The van der Waals surface area contributed by atoms with E-state index >= 15 is 0 Å². The van der Waals surface area contributed by atoms with Crippen LogP contribution in [0.3, 0.4) is 0 Å². The van der Waals surface area contributed by atoms with Gasteiger partial charge in [0.25, 0.3) is 0 Å². The predicted octanol–water partition coefficient (Wildman–Crippen LogP) is 11.9. The number of pyridine rings is 1. The number of aromatic nitrogens is 3. The summed E-state index contributed by atoms with van der Waals surface area (Å²) in [7, 11) is 0. The van der Waals surface area contributed by atoms with Gasteiger partial charge in [0.05, 0.1) is 16.9 Å². The van der Waals surface area contributed by atoms with E-state index in [-0.39, 0.29) is 0 Å². The van der Waals surface area contributed by atoms with Gasteiger partial charge >= 0.3 is 0 Å². The van der Waals surface area contributed by atoms with Crippen molar-refractivity contribution in [2.45, 2.75) is 0 Å². The van der Waals surface area contributed by atoms with Crippen LogP contribution in [-0.4, -0.2) is 15.0 Å². The molecule has 0 saturated carbocycles. The van der Waals surface area contributed by atoms with Crippen LogP contribution in [0.25, 0.3) is 97.4 Å². The lowest BCUT2D eigenvalue weighted by Crippen LogP contribution is -1.99. The average molecular weight is 616 g/mol. The molecule has 0 atom stereocenters. The van der Waals surface area contributed by atoms with Crippen molar-refractivity contribution in [2.75, 3.05) is 0 Å². The molecule has 0 fully saturated rings. The fourth-order valence-corrected chi connectivity index (χ4v) is 8.02. The Morgan fingerprint density at radius 1 is 0.362 bits per heavy atom. The number of rotatable bonds is 3. The van der Waals surface area contributed by atoms with Gasteiger partial charge in [0.15, 0.2) is 5.82 Å². The topological polar surface area (TPSA) is 38.7 Å². The molecule has 3 aromatic heterocycles. The van der Waals surface area contributed by atoms with E-state index in [1.807, 2.05) is 11.3 Å². The van der Waals surface area contributed by atoms with Gasteiger partial charge in [-0.15, -0.1) is 11.3 Å². The molecule has 0 bridgehead atoms. The summed E-state index contributed by atoms with van der Waals surface area (Å²) in [6.45, 7) is 0. The van der Waals surface area contributed by atoms with Crippen LogP contribution in [0.1, 0.15) is 0 Å². The lowest BCUT2D eigenvalue weighted by molar-refractivity contribution is 1.17. The molecule has 0 aliphatic carbocycles. The summed E-state index contributed by atoms with van der Waals surface area (Å²) >= 11 is 1.83. The van der Waals surface area contributed by atoms with Crippen LogP contribution >= 0.6 is 11.3 Å². The molecule has 0 amide bonds. The number of hydrogen-bond donors (Lipinski definition) is 0. The highest BCUT2D eigenvalue weighted by molar-refractivity contribution is 7.25. The molecule has 10 rings (SSSR count). The molecule has 7 aromatic carbocycles. The van der Waals surface area contributed by atoms with Crippen LogP contribution < -0.4 is 0 Å². The zero-order chi connectivity index (χ0) is 30.9. The summed E-state index contributed by atoms with van der Waals surface area (Å²) < 4.78 is 2.56. The van der Waals surface area contributed by atoms with Gasteiger partial charge < -0.3 is 0 Å². The fourth-order valence-electron chi connectivity index (χ4n) is 6.89. The maximum absolute atomic E-state index is 5.36. The molecule has 4 heteroatoms. The van der Waals surface area contributed by atoms with Gasteiger partial charge in [0.1, 0.15) is 5.69 Å². The molecule has 47 heavy (non-hydrogen) atoms. The van der Waals surface area contributed by atoms with E-state index in [2.05, 4.69) is 152 Å². The Balaban J connectivity index is 1.26. The molecular weight excluding hydrogens is 591 g/mol. The number of hydrogen-bond acceptors (Lipinski definition) is 4. The van der Waals surface area contributed by atoms with Crippen molar-refractivity contribution < 1.29 is 0 Å². The first-order chi connectivity index (χ1) is 23.2. The summed E-state index contributed by atoms with van der Waals surface area (Å²) in [4.78, 5) is 15.9. The van der Waals surface area contributed by atoms with Crippen LogP contribution in [0, 0.1) is 0 Å². The van der Waals surface area contributed by atoms with E-state index in [0.29, 0.717) is 5.82 Å². The van der Waals surface area contributed by atoms with Gasteiger partial charge in [-0.2, -0.15) is 0 Å². The number of thiophene rings is 1. The Bertz CT molecular complexity index is 2770. The molecule has 0 saturated heterocycles. The second kappa shape index (κ2) is 10.3. The third-order valence-electron chi connectivity index (χ3n) is 9.23. The Morgan fingerprint density at radius 2 is 0.936 bits per heavy atom. The van der Waals surface area contributed by atoms with Crippen molar-refractivity contribution in [3.05, 3.63) is 152 Å². The van der Waals surface area contributed by atoms with Crippen molar-refractivity contribution >= 4 is 74.7 Å². The number of fused-ring (bicyclic) bond motifs is 8. The summed E-state index contributed by atoms with van der Waals surface area (Å²) in [6, 6.07) is 53.8. The Morgan fingerprint density at radius 3 is 1.62 bits per heavy atom. The standard InChI is InChI=1S/C43H25N3S/c1-3-11-28-21-30(19-17-26(28)9-1)37-25-38(31-20-18-27-10-2-4-12-29(27)22-31)46-43(45-37)42-34-15-6-5-13-32(34)35-24-41-36(23-39(35)44-42)33-14-7-8-16-40(33)47-41/h1-25H. The van der Waals surface area contributed by atoms with Gasteiger partial charge in [-0.3, -0.25) is 0 Å². The van der Waals surface area contributed by atoms with Gasteiger partial charge in [-0.25, -0.2) is 15.0 Å². The third-order valence-corrected chi connectivity index (χ3v) is 10.4. The van der Waals surface area contributed by atoms with E-state index < -0.39 is 0 Å². The summed E-state index contributed by atoms with van der Waals surface area (Å²) in [6.07, 6.45) is 0. The summed E-state index contributed by atoms with van der Waals surface area (Å²) in [5, 5.41) is 10.6. The van der Waals surface area contributed by atoms with Crippen molar-refractivity contribution in [1.82, 2.24) is 15.0 Å². The van der Waals surface area contributed by atoms with Crippen LogP contribution in [0.15, 0.2) is 152 Å². The Labute approximate surface area is 274 Å². The molecule has 3 nitrogen and oxygen atoms in total. The Hall–Kier alpha value is -5.97. The maximum atomic E-state index is 5.36. The van der Waals surface area contributed by atoms with Crippen LogP contribution in [-0.2, 0) is 0 Å². The van der Waals surface area contributed by atoms with E-state index in [4.69, 9.17) is 15.0 Å². The zero-order valence-electron chi connectivity index (χ0n) is 25.2. The van der Waals surface area contributed by atoms with E-state index in [1.54, 1.807) is 0 Å². The van der Waals surface area contributed by atoms with Gasteiger partial charge in [-0.1, -0.05) is 115 Å². The second-order valence-electron chi connectivity index (χ2n) is 12.1. The third kappa shape index (κ3) is 4.30. The molecule has 218 valence electrons. The van der Waals surface area contributed by atoms with Crippen LogP contribution in [0.2, 0.25) is 0 Å². The molecule has 0 N–H and O–H groups in total. The zero-order valence-corrected chi connectivity index (χ0v) is 26.0. The largest absolute Gasteiger partial charge is 0.244 e. The molecule has 3 heterocycles. The normalized spacial score (nSPS) is 11.8. The number of nitrogens with zero attached hydrogens (tertiary/aromatic N) is 3. The van der Waals surface area contributed by atoms with Gasteiger partial charge in [0.2, 0.25) is 0 Å². The van der Waals surface area contributed by atoms with Crippen molar-refractivity contribution in [3.63, 3.8) is 0 Å². The molecule has 10 aromatic rings. The first-order valence-corrected chi connectivity index (χ1v) is 16.6. The molecule has 0 unspecified atom stereocenters. The van der Waals surface area contributed by atoms with Crippen LogP contribution in [0.5, 0.6) is 0 Å². The van der Waals surface area contributed by atoms with Gasteiger partial charge in [-0.05, 0) is 63.3 Å². The molecular formula is C43H25N3S. The molecule has 0 aliphatic rings. The SMILES string of the molecule is c1ccc2cc(-c3cc(-c4ccc5ccccc5c4)nc(-c4nc5cc6c(cc5c5ccccc45)sc4ccccc46)n3)ccc2c1. The highest BCUT2D eigenvalue weighted by atomic mass is 32.1. The monoisotopic (exact) mass is 615 g/mol. The second-order valence-corrected chi connectivity index (χ2v) is 13.1. The average Bonchev–Trinajstić information content (AvgIpc) is 3.50. The molecule has 0 spiro atoms. The maximum Gasteiger partial charge on any atom is 0.179 e. The predicted molar refractivity (Wildman–Crippen MR) is 199 cm³/mol. The molecule has 0 radical (unpaired) electrons. The summed E-state index contributed by atoms with van der Waals surface area (Å²) in [5.41, 5.74) is 5.57. The minimum absolute atomic E-state index is 0.618. The fraction of sp³-hybridized carbons (Fsp3) is 0. The van der Waals surface area contributed by atoms with Crippen molar-refractivity contribution in [3.8, 4) is 34.0 Å². The highest BCUT2D eigenvalue weighted by Crippen LogP contribution is 2.40. The lowest BCUT2D eigenvalue weighted by atomic mass is 10.0. The van der Waals surface area contributed by atoms with E-state index in [0.717, 1.165) is 49.9 Å². The van der Waals surface area contributed by atoms with E-state index in [1.165, 1.54) is 41.7 Å². The first kappa shape index (κ1) is 26.3. The van der Waals surface area contributed by atoms with Crippen molar-refractivity contribution in [1.29, 1.82) is 0 Å². The van der Waals surface area contributed by atoms with E-state index in [9.17, 15) is 0 Å². The minimum Gasteiger partial charge on any atom is -0.244 e. The van der Waals surface area contributed by atoms with Crippen molar-refractivity contribution in [2.24, 2.45) is 0 Å². The Kier molecular flexibility index (Phi) is 5.74. The van der Waals surface area contributed by atoms with Crippen LogP contribution in [0.4, 0.5) is 0 Å². The summed E-state index contributed by atoms with van der Waals surface area (Å²) in [5.74, 6) is 0.618. The minimum atomic E-state index is 0.618. The first-order valence-electron chi connectivity index (χ1n) is 15.8. The quantitative estimate of drug-likeness (QED) is 0.186. The lowest BCUT2D eigenvalue weighted by Gasteiger charge is -2.13. The highest BCUT2D eigenvalue weighted by Gasteiger charge is 2.18. The molecule has 0 aliphatic heterocycles. The number of benzene rings is 7. The van der Waals surface area contributed by atoms with Gasteiger partial charge in [0, 0.05) is 42.1 Å².